The van der Waals surface area contributed by atoms with Crippen LogP contribution in [0.1, 0.15) is 242 Å². The second-order valence-corrected chi connectivity index (χ2v) is 37.1. The third-order valence-electron chi connectivity index (χ3n) is 24.7. The van der Waals surface area contributed by atoms with E-state index in [0.717, 1.165) is 170 Å². The molecule has 0 unspecified atom stereocenters. The highest BCUT2D eigenvalue weighted by molar-refractivity contribution is 7.28. The molecule has 4 saturated carbocycles. The second kappa shape index (κ2) is 69.9. The topological polar surface area (TPSA) is 348 Å². The van der Waals surface area contributed by atoms with Gasteiger partial charge in [0, 0.05) is 61.1 Å². The molecular formula is C112H149NO27S2. The Kier molecular flexibility index (Phi) is 58.5. The summed E-state index contributed by atoms with van der Waals surface area (Å²) in [6.07, 6.45) is 37.0. The largest absolute Gasteiger partial charge is 0.497 e. The molecule has 11 rings (SSSR count). The maximum atomic E-state index is 13.2. The molecule has 7 aromatic rings. The summed E-state index contributed by atoms with van der Waals surface area (Å²) in [5, 5.41) is 1.90. The molecule has 0 N–H and O–H groups in total. The van der Waals surface area contributed by atoms with E-state index in [9.17, 15) is 52.7 Å². The van der Waals surface area contributed by atoms with Gasteiger partial charge in [-0.1, -0.05) is 76.3 Å². The Morgan fingerprint density at radius 2 is 0.683 bits per heavy atom. The maximum absolute atomic E-state index is 13.2. The molecule has 4 aliphatic rings. The summed E-state index contributed by atoms with van der Waals surface area (Å²) in [5.41, 5.74) is 2.18. The molecule has 4 fully saturated rings. The van der Waals surface area contributed by atoms with Crippen molar-refractivity contribution in [2.75, 3.05) is 95.0 Å². The molecule has 28 nitrogen and oxygen atoms in total. The predicted molar refractivity (Wildman–Crippen MR) is 550 cm³/mol. The van der Waals surface area contributed by atoms with E-state index in [2.05, 4.69) is 64.1 Å². The Hall–Kier alpha value is -11.9. The van der Waals surface area contributed by atoms with E-state index >= 15 is 0 Å². The Balaban J connectivity index is 0.000000272. The van der Waals surface area contributed by atoms with Gasteiger partial charge in [0.1, 0.15) is 55.5 Å². The van der Waals surface area contributed by atoms with Gasteiger partial charge in [-0.25, -0.2) is 33.8 Å². The van der Waals surface area contributed by atoms with Crippen LogP contribution in [0, 0.1) is 42.4 Å². The number of esters is 9. The number of benzene rings is 5. The molecule has 0 amide bonds. The van der Waals surface area contributed by atoms with Crippen molar-refractivity contribution in [2.24, 2.45) is 35.5 Å². The number of rotatable bonds is 52. The van der Waals surface area contributed by atoms with Crippen molar-refractivity contribution in [3.05, 3.63) is 184 Å². The van der Waals surface area contributed by atoms with Gasteiger partial charge in [-0.2, -0.15) is 0 Å². The zero-order chi connectivity index (χ0) is 103. The average molecular weight is 2010 g/mol. The normalized spacial score (nSPS) is 17.1. The molecule has 5 aromatic carbocycles. The summed E-state index contributed by atoms with van der Waals surface area (Å²) >= 11 is 3.06. The van der Waals surface area contributed by atoms with Crippen LogP contribution in [-0.4, -0.2) is 177 Å². The van der Waals surface area contributed by atoms with E-state index in [-0.39, 0.29) is 82.9 Å². The first-order valence-corrected chi connectivity index (χ1v) is 51.3. The summed E-state index contributed by atoms with van der Waals surface area (Å²) in [6, 6.07) is 33.6. The number of aromatic nitrogens is 1. The highest BCUT2D eigenvalue weighted by Gasteiger charge is 2.34. The molecule has 0 radical (unpaired) electrons. The molecule has 2 aromatic heterocycles. The van der Waals surface area contributed by atoms with Gasteiger partial charge in [0.15, 0.2) is 11.5 Å². The average Bonchev–Trinajstić information content (AvgIpc) is 1.62. The third kappa shape index (κ3) is 46.9. The van der Waals surface area contributed by atoms with Crippen molar-refractivity contribution in [3.8, 4) is 50.1 Å². The monoisotopic (exact) mass is 2000 g/mol. The fraction of sp³-hybridized carbons (Fsp3) is 0.518. The Bertz CT molecular complexity index is 4900. The van der Waals surface area contributed by atoms with E-state index in [0.29, 0.717) is 169 Å². The number of Topliss-reactive ketones (excluding diaryl/α,β-unsaturated/α-hetero) is 2. The van der Waals surface area contributed by atoms with Crippen molar-refractivity contribution >= 4 is 108 Å². The number of aryl methyl sites for hydroxylation is 1. The van der Waals surface area contributed by atoms with Gasteiger partial charge in [0.25, 0.3) is 0 Å². The number of ether oxygens (including phenoxy) is 16. The molecule has 2 heterocycles. The van der Waals surface area contributed by atoms with Crippen LogP contribution in [0.4, 0.5) is 0 Å². The number of hydrogen-bond donors (Lipinski definition) is 0. The van der Waals surface area contributed by atoms with Crippen LogP contribution in [0.5, 0.6) is 40.2 Å². The molecular weight excluding hydrogens is 1860 g/mol. The van der Waals surface area contributed by atoms with Crippen LogP contribution in [-0.2, 0) is 90.6 Å². The van der Waals surface area contributed by atoms with Gasteiger partial charge < -0.3 is 75.8 Å². The van der Waals surface area contributed by atoms with Gasteiger partial charge in [-0.3, -0.25) is 24.0 Å². The number of ketones is 2. The van der Waals surface area contributed by atoms with Crippen molar-refractivity contribution in [3.63, 3.8) is 0 Å². The Labute approximate surface area is 846 Å². The smallest absolute Gasteiger partial charge is 0.338 e. The lowest BCUT2D eigenvalue weighted by Crippen LogP contribution is -2.28. The number of thiophene rings is 1. The standard InChI is InChI=1S/C34H35NO6S2.C17H22O5.C16H22O4.C16H28O3.C15H24O5.C14H18O4/c1-18-4-15-28-25(16-18)17-29(42-28)32-35-30-26(40-33(38)23-9-5-21(6-10-23)19(2)36)13-14-27(31(30)43-32)41-34(39)24-11-7-22(8-12-24)20(3)37;1-3-16(18)21-12-6-4-5-7-13-22-17(19)14-8-10-15(20-2)11-9-14;1-3-16(17)20-13-7-5-4-6-12-19-15-10-8-14(18-2)9-11-15;1-3-16(17)19-13-7-5-4-6-8-14-9-11-15(18-2)12-10-14;1-3-14(16)19-10-4-5-11-20-15(17)12-6-8-13(18-2)9-7-12;1-3-14(15)18-11-5-4-10-17-13-8-6-12(16-2)7-9-13/h4,13-17,21-24H,5-12H2,1-3H3;3,8-11H,1,4-7,12-13H2,2H3;3,8-11H,1,4-7,12-13H2,2H3;3,14-15H,1,4-13H2,2H3;3,12-13H,1,4-11H2,2H3;3,6-9H,1,4-5,10-11H2,2H3. The highest BCUT2D eigenvalue weighted by atomic mass is 32.1. The van der Waals surface area contributed by atoms with Crippen LogP contribution in [0.25, 0.3) is 30.2 Å². The van der Waals surface area contributed by atoms with Gasteiger partial charge in [-0.15, -0.1) is 22.7 Å². The Morgan fingerprint density at radius 1 is 0.345 bits per heavy atom. The quantitative estimate of drug-likeness (QED) is 0.0112. The minimum Gasteiger partial charge on any atom is -0.497 e. The van der Waals surface area contributed by atoms with Crippen LogP contribution >= 0.6 is 22.7 Å². The van der Waals surface area contributed by atoms with Crippen molar-refractivity contribution in [1.82, 2.24) is 4.98 Å². The molecule has 0 saturated heterocycles. The van der Waals surface area contributed by atoms with Crippen molar-refractivity contribution in [2.45, 2.75) is 245 Å². The SMILES string of the molecule is C=CC(=O)OCCCCCCC1CCC(OC)CC1.C=CC(=O)OCCCCCCOC(=O)c1ccc(OC)cc1.C=CC(=O)OCCCCCCOc1ccc(OC)cc1.C=CC(=O)OCCCCOC(=O)C1CCC(OC)CC1.C=CC(=O)OCCCCOc1ccc(OC)cc1.CC(=O)C1CCC(C(=O)Oc2ccc(OC(=O)C3CCC(C(C)=O)CC3)c3sc(-c4cc5cc(C)ccc5s4)nc23)CC1. The number of methoxy groups -OCH3 is 5. The lowest BCUT2D eigenvalue weighted by atomic mass is 9.80. The number of carbonyl (C=O) groups excluding carboxylic acids is 11. The minimum atomic E-state index is -0.420. The molecule has 0 atom stereocenters. The number of hydrogen-bond acceptors (Lipinski definition) is 30. The molecule has 776 valence electrons. The first-order chi connectivity index (χ1) is 68.8. The first kappa shape index (κ1) is 119. The number of nitrogens with zero attached hydrogens (tertiary/aromatic N) is 1. The summed E-state index contributed by atoms with van der Waals surface area (Å²) < 4.78 is 85.5. The number of thiazole rings is 1. The molecule has 0 spiro atoms. The van der Waals surface area contributed by atoms with Gasteiger partial charge in [0.2, 0.25) is 0 Å². The summed E-state index contributed by atoms with van der Waals surface area (Å²) in [4.78, 5) is 133. The fourth-order valence-electron chi connectivity index (χ4n) is 16.1. The number of unbranched alkanes of at least 4 members (excludes halogenated alkanes) is 11. The van der Waals surface area contributed by atoms with E-state index in [1.54, 1.807) is 90.0 Å². The van der Waals surface area contributed by atoms with E-state index < -0.39 is 11.9 Å². The van der Waals surface area contributed by atoms with Gasteiger partial charge in [0.05, 0.1) is 121 Å². The zero-order valence-corrected chi connectivity index (χ0v) is 86.1. The first-order valence-electron chi connectivity index (χ1n) is 49.7. The third-order valence-corrected chi connectivity index (χ3v) is 27.0. The molecule has 0 bridgehead atoms. The number of fused-ring (bicyclic) bond motifs is 2. The fourth-order valence-corrected chi connectivity index (χ4v) is 18.2. The molecule has 30 heteroatoms. The highest BCUT2D eigenvalue weighted by Crippen LogP contribution is 2.45. The summed E-state index contributed by atoms with van der Waals surface area (Å²) in [5.74, 6) is 2.61. The summed E-state index contributed by atoms with van der Waals surface area (Å²) in [7, 11) is 8.38. The van der Waals surface area contributed by atoms with Gasteiger partial charge >= 0.3 is 53.7 Å². The van der Waals surface area contributed by atoms with Crippen LogP contribution in [0.15, 0.2) is 172 Å². The Morgan fingerprint density at radius 3 is 1.09 bits per heavy atom. The van der Waals surface area contributed by atoms with Crippen molar-refractivity contribution in [1.29, 1.82) is 0 Å². The minimum absolute atomic E-state index is 0.0139. The van der Waals surface area contributed by atoms with E-state index in [4.69, 9.17) is 80.8 Å². The van der Waals surface area contributed by atoms with E-state index in [1.807, 2.05) is 55.6 Å². The lowest BCUT2D eigenvalue weighted by molar-refractivity contribution is -0.151. The van der Waals surface area contributed by atoms with Gasteiger partial charge in [-0.05, 0) is 315 Å². The second-order valence-electron chi connectivity index (χ2n) is 35.0. The zero-order valence-electron chi connectivity index (χ0n) is 84.4. The van der Waals surface area contributed by atoms with Crippen molar-refractivity contribution < 1.29 is 129 Å². The predicted octanol–water partition coefficient (Wildman–Crippen LogP) is 23.3. The molecule has 0 aliphatic heterocycles. The van der Waals surface area contributed by atoms with E-state index in [1.165, 1.54) is 74.0 Å². The maximum Gasteiger partial charge on any atom is 0.338 e. The summed E-state index contributed by atoms with van der Waals surface area (Å²) in [6.45, 7) is 26.1. The van der Waals surface area contributed by atoms with Crippen LogP contribution < -0.4 is 33.2 Å². The number of carbonyl (C=O) groups is 11. The molecule has 4 aliphatic carbocycles. The molecule has 142 heavy (non-hydrogen) atoms. The lowest BCUT2D eigenvalue weighted by Gasteiger charge is -2.27. The van der Waals surface area contributed by atoms with Crippen LogP contribution in [0.2, 0.25) is 0 Å². The van der Waals surface area contributed by atoms with Crippen LogP contribution in [0.3, 0.4) is 0 Å².